The first-order valence-electron chi connectivity index (χ1n) is 2.42. The molecule has 0 aromatic rings. The molecule has 1 nitrogen and oxygen atoms in total. The molecule has 1 N–H and O–H groups in total. The van der Waals surface area contributed by atoms with E-state index in [0.29, 0.717) is 0 Å². The van der Waals surface area contributed by atoms with Gasteiger partial charge in [-0.3, -0.25) is 0 Å². The Bertz CT molecular complexity index is 106. The molecule has 1 heteroatoms. The molecular weight excluding hydrogens is 88.1 g/mol. The van der Waals surface area contributed by atoms with Gasteiger partial charge in [-0.25, -0.2) is 0 Å². The van der Waals surface area contributed by atoms with Crippen LogP contribution < -0.4 is 0 Å². The maximum Gasteiger partial charge on any atom is 0.0597 e. The molecule has 1 fully saturated rings. The minimum absolute atomic E-state index is 0.0833. The maximum atomic E-state index is 8.51. The number of hydrogen-bond donors (Lipinski definition) is 1. The molecule has 38 valence electrons. The third kappa shape index (κ3) is 0.618. The van der Waals surface area contributed by atoms with Crippen LogP contribution in [0.5, 0.6) is 0 Å². The lowest BCUT2D eigenvalue weighted by Gasteiger charge is -1.95. The SMILES string of the molecule is C#CC1(CO)CC1. The highest BCUT2D eigenvalue weighted by Gasteiger charge is 2.39. The maximum absolute atomic E-state index is 8.51. The first kappa shape index (κ1) is 4.67. The third-order valence-electron chi connectivity index (χ3n) is 1.46. The van der Waals surface area contributed by atoms with Crippen LogP contribution in [0.25, 0.3) is 0 Å². The van der Waals surface area contributed by atoms with Crippen LogP contribution in [-0.2, 0) is 0 Å². The zero-order chi connectivity index (χ0) is 5.33. The summed E-state index contributed by atoms with van der Waals surface area (Å²) in [5.41, 5.74) is -0.0833. The van der Waals surface area contributed by atoms with Crippen LogP contribution in [-0.4, -0.2) is 11.7 Å². The molecular formula is C6H8O. The van der Waals surface area contributed by atoms with Crippen LogP contribution in [0.1, 0.15) is 12.8 Å². The van der Waals surface area contributed by atoms with E-state index in [1.54, 1.807) is 0 Å². The van der Waals surface area contributed by atoms with Gasteiger partial charge in [-0.1, -0.05) is 5.92 Å². The van der Waals surface area contributed by atoms with E-state index in [0.717, 1.165) is 12.8 Å². The molecule has 1 rings (SSSR count). The van der Waals surface area contributed by atoms with Crippen LogP contribution in [0.15, 0.2) is 0 Å². The van der Waals surface area contributed by atoms with Crippen molar-refractivity contribution >= 4 is 0 Å². The Labute approximate surface area is 43.4 Å². The highest BCUT2D eigenvalue weighted by Crippen LogP contribution is 2.43. The summed E-state index contributed by atoms with van der Waals surface area (Å²) in [5, 5.41) is 8.51. The van der Waals surface area contributed by atoms with Crippen molar-refractivity contribution in [2.75, 3.05) is 6.61 Å². The molecule has 0 aromatic heterocycles. The third-order valence-corrected chi connectivity index (χ3v) is 1.46. The molecule has 0 saturated heterocycles. The Kier molecular flexibility index (Phi) is 0.831. The minimum atomic E-state index is -0.0833. The molecule has 0 heterocycles. The molecule has 7 heavy (non-hydrogen) atoms. The van der Waals surface area contributed by atoms with Crippen molar-refractivity contribution in [3.05, 3.63) is 0 Å². The highest BCUT2D eigenvalue weighted by atomic mass is 16.3. The van der Waals surface area contributed by atoms with E-state index in [2.05, 4.69) is 5.92 Å². The average Bonchev–Trinajstić information content (AvgIpc) is 2.46. The molecule has 0 bridgehead atoms. The van der Waals surface area contributed by atoms with Crippen molar-refractivity contribution in [1.29, 1.82) is 0 Å². The highest BCUT2D eigenvalue weighted by molar-refractivity contribution is 5.14. The fourth-order valence-corrected chi connectivity index (χ4v) is 0.499. The summed E-state index contributed by atoms with van der Waals surface area (Å²) in [4.78, 5) is 0. The lowest BCUT2D eigenvalue weighted by Crippen LogP contribution is -2.00. The van der Waals surface area contributed by atoms with Crippen LogP contribution in [0.4, 0.5) is 0 Å². The molecule has 1 saturated carbocycles. The van der Waals surface area contributed by atoms with Gasteiger partial charge in [0.2, 0.25) is 0 Å². The molecule has 0 unspecified atom stereocenters. The Morgan fingerprint density at radius 3 is 2.29 bits per heavy atom. The largest absolute Gasteiger partial charge is 0.395 e. The average molecular weight is 96.1 g/mol. The summed E-state index contributed by atoms with van der Waals surface area (Å²) in [6.45, 7) is 0.170. The monoisotopic (exact) mass is 96.1 g/mol. The standard InChI is InChI=1S/C6H8O/c1-2-6(5-7)3-4-6/h1,7H,3-5H2. The molecule has 1 aliphatic rings. The zero-order valence-electron chi connectivity index (χ0n) is 4.15. The smallest absolute Gasteiger partial charge is 0.0597 e. The van der Waals surface area contributed by atoms with Gasteiger partial charge >= 0.3 is 0 Å². The van der Waals surface area contributed by atoms with Gasteiger partial charge in [-0.15, -0.1) is 6.42 Å². The fraction of sp³-hybridized carbons (Fsp3) is 0.667. The number of rotatable bonds is 1. The lowest BCUT2D eigenvalue weighted by molar-refractivity contribution is 0.247. The van der Waals surface area contributed by atoms with Gasteiger partial charge in [0.25, 0.3) is 0 Å². The summed E-state index contributed by atoms with van der Waals surface area (Å²) in [7, 11) is 0. The summed E-state index contributed by atoms with van der Waals surface area (Å²) in [5.74, 6) is 2.55. The van der Waals surface area contributed by atoms with Gasteiger partial charge in [0.15, 0.2) is 0 Å². The van der Waals surface area contributed by atoms with E-state index in [1.165, 1.54) is 0 Å². The second-order valence-electron chi connectivity index (χ2n) is 2.08. The quantitative estimate of drug-likeness (QED) is 0.468. The Morgan fingerprint density at radius 1 is 1.71 bits per heavy atom. The van der Waals surface area contributed by atoms with Crippen LogP contribution in [0.3, 0.4) is 0 Å². The van der Waals surface area contributed by atoms with Crippen molar-refractivity contribution in [3.63, 3.8) is 0 Å². The Balaban J connectivity index is 2.47. The zero-order valence-corrected chi connectivity index (χ0v) is 4.15. The molecule has 0 atom stereocenters. The lowest BCUT2D eigenvalue weighted by atomic mass is 10.1. The summed E-state index contributed by atoms with van der Waals surface area (Å²) < 4.78 is 0. The van der Waals surface area contributed by atoms with Crippen molar-refractivity contribution in [2.45, 2.75) is 12.8 Å². The number of aliphatic hydroxyl groups excluding tert-OH is 1. The van der Waals surface area contributed by atoms with Gasteiger partial charge in [-0.2, -0.15) is 0 Å². The normalized spacial score (nSPS) is 23.4. The van der Waals surface area contributed by atoms with Crippen molar-refractivity contribution in [2.24, 2.45) is 5.41 Å². The Morgan fingerprint density at radius 2 is 2.29 bits per heavy atom. The van der Waals surface area contributed by atoms with Crippen molar-refractivity contribution in [3.8, 4) is 12.3 Å². The molecule has 0 radical (unpaired) electrons. The number of terminal acetylenes is 1. The first-order chi connectivity index (χ1) is 3.33. The molecule has 0 amide bonds. The predicted molar refractivity (Wildman–Crippen MR) is 27.6 cm³/mol. The van der Waals surface area contributed by atoms with Crippen LogP contribution >= 0.6 is 0 Å². The van der Waals surface area contributed by atoms with Crippen molar-refractivity contribution < 1.29 is 5.11 Å². The minimum Gasteiger partial charge on any atom is -0.395 e. The topological polar surface area (TPSA) is 20.2 Å². The van der Waals surface area contributed by atoms with E-state index >= 15 is 0 Å². The summed E-state index contributed by atoms with van der Waals surface area (Å²) >= 11 is 0. The van der Waals surface area contributed by atoms with Crippen LogP contribution in [0, 0.1) is 17.8 Å². The fourth-order valence-electron chi connectivity index (χ4n) is 0.499. The van der Waals surface area contributed by atoms with E-state index in [4.69, 9.17) is 11.5 Å². The van der Waals surface area contributed by atoms with E-state index in [1.807, 2.05) is 0 Å². The van der Waals surface area contributed by atoms with E-state index in [9.17, 15) is 0 Å². The second-order valence-corrected chi connectivity index (χ2v) is 2.08. The Hall–Kier alpha value is -0.480. The van der Waals surface area contributed by atoms with Gasteiger partial charge in [0.05, 0.1) is 12.0 Å². The molecule has 0 spiro atoms. The second kappa shape index (κ2) is 1.24. The molecule has 1 aliphatic carbocycles. The van der Waals surface area contributed by atoms with E-state index in [-0.39, 0.29) is 12.0 Å². The predicted octanol–water partition coefficient (Wildman–Crippen LogP) is 0.392. The van der Waals surface area contributed by atoms with Gasteiger partial charge in [0.1, 0.15) is 0 Å². The van der Waals surface area contributed by atoms with Crippen LogP contribution in [0.2, 0.25) is 0 Å². The summed E-state index contributed by atoms with van der Waals surface area (Å²) in [6.07, 6.45) is 7.10. The summed E-state index contributed by atoms with van der Waals surface area (Å²) in [6, 6.07) is 0. The van der Waals surface area contributed by atoms with Gasteiger partial charge < -0.3 is 5.11 Å². The molecule has 0 aliphatic heterocycles. The number of hydrogen-bond acceptors (Lipinski definition) is 1. The van der Waals surface area contributed by atoms with Gasteiger partial charge in [0, 0.05) is 0 Å². The van der Waals surface area contributed by atoms with E-state index < -0.39 is 0 Å². The molecule has 0 aromatic carbocycles. The number of aliphatic hydroxyl groups is 1. The van der Waals surface area contributed by atoms with Gasteiger partial charge in [-0.05, 0) is 12.8 Å². The first-order valence-corrected chi connectivity index (χ1v) is 2.42. The van der Waals surface area contributed by atoms with Crippen molar-refractivity contribution in [1.82, 2.24) is 0 Å².